The minimum atomic E-state index is -0.488. The van der Waals surface area contributed by atoms with Crippen molar-refractivity contribution in [3.63, 3.8) is 0 Å². The van der Waals surface area contributed by atoms with Crippen molar-refractivity contribution in [3.05, 3.63) is 115 Å². The molecule has 10 nitrogen and oxygen atoms in total. The molecular weight excluding hydrogens is 554 g/mol. The van der Waals surface area contributed by atoms with Crippen molar-refractivity contribution in [2.24, 2.45) is 0 Å². The van der Waals surface area contributed by atoms with Crippen molar-refractivity contribution < 1.29 is 28.6 Å². The molecule has 0 aliphatic rings. The number of anilines is 1. The van der Waals surface area contributed by atoms with E-state index >= 15 is 0 Å². The predicted molar refractivity (Wildman–Crippen MR) is 165 cm³/mol. The summed E-state index contributed by atoms with van der Waals surface area (Å²) in [6.45, 7) is 9.86. The van der Waals surface area contributed by atoms with Crippen LogP contribution in [0.2, 0.25) is 0 Å². The molecule has 0 atom stereocenters. The molecule has 0 unspecified atom stereocenters. The monoisotopic (exact) mass is 585 g/mol. The van der Waals surface area contributed by atoms with Gasteiger partial charge in [-0.3, -0.25) is 0 Å². The molecule has 43 heavy (non-hydrogen) atoms. The molecule has 3 aromatic carbocycles. The Hall–Kier alpha value is -5.51. The fourth-order valence-corrected chi connectivity index (χ4v) is 4.51. The summed E-state index contributed by atoms with van der Waals surface area (Å²) in [5.74, 6) is -0.440. The predicted octanol–water partition coefficient (Wildman–Crippen LogP) is 5.96. The molecule has 0 aliphatic carbocycles. The summed E-state index contributed by atoms with van der Waals surface area (Å²) < 4.78 is 14.9. The summed E-state index contributed by atoms with van der Waals surface area (Å²) in [7, 11) is 0. The first-order chi connectivity index (χ1) is 20.5. The molecule has 0 aliphatic heterocycles. The van der Waals surface area contributed by atoms with E-state index in [1.54, 1.807) is 12.1 Å². The van der Waals surface area contributed by atoms with Crippen LogP contribution in [0.15, 0.2) is 100 Å². The summed E-state index contributed by atoms with van der Waals surface area (Å²) in [4.78, 5) is 35.3. The summed E-state index contributed by atoms with van der Waals surface area (Å²) in [6.07, 6.45) is 0. The highest BCUT2D eigenvalue weighted by molar-refractivity contribution is 5.83. The molecule has 0 saturated heterocycles. The molecule has 10 heteroatoms. The second-order valence-electron chi connectivity index (χ2n) is 9.66. The third-order valence-electron chi connectivity index (χ3n) is 6.71. The van der Waals surface area contributed by atoms with Crippen LogP contribution in [-0.4, -0.2) is 28.4 Å². The summed E-state index contributed by atoms with van der Waals surface area (Å²) in [5.41, 5.74) is 3.08. The van der Waals surface area contributed by atoms with Crippen LogP contribution < -0.4 is 21.8 Å². The molecule has 0 radical (unpaired) electrons. The molecular formula is C33H31NO9. The fraction of sp³-hybridized carbons (Fsp3) is 0.182. The van der Waals surface area contributed by atoms with Crippen LogP contribution in [0, 0.1) is 13.8 Å². The first-order valence-electron chi connectivity index (χ1n) is 13.5. The van der Waals surface area contributed by atoms with Crippen molar-refractivity contribution in [2.45, 2.75) is 27.7 Å². The van der Waals surface area contributed by atoms with Gasteiger partial charge in [-0.25, -0.2) is 14.4 Å². The molecule has 6 aromatic rings. The number of hydrogen-bond donors (Lipinski definition) is 3. The van der Waals surface area contributed by atoms with Gasteiger partial charge >= 0.3 is 16.9 Å². The quantitative estimate of drug-likeness (QED) is 0.167. The number of benzene rings is 3. The number of aromatic hydroxyl groups is 3. The maximum atomic E-state index is 11.3. The third kappa shape index (κ3) is 7.23. The van der Waals surface area contributed by atoms with E-state index in [0.717, 1.165) is 40.7 Å². The van der Waals surface area contributed by atoms with Gasteiger partial charge in [0.05, 0.1) is 0 Å². The van der Waals surface area contributed by atoms with Crippen LogP contribution in [0.5, 0.6) is 17.2 Å². The van der Waals surface area contributed by atoms with Crippen LogP contribution >= 0.6 is 0 Å². The Kier molecular flexibility index (Phi) is 9.20. The van der Waals surface area contributed by atoms with E-state index in [1.807, 2.05) is 26.0 Å². The molecule has 0 saturated carbocycles. The van der Waals surface area contributed by atoms with Crippen molar-refractivity contribution in [2.75, 3.05) is 18.0 Å². The number of fused-ring (bicyclic) bond motifs is 3. The van der Waals surface area contributed by atoms with Gasteiger partial charge < -0.3 is 33.5 Å². The van der Waals surface area contributed by atoms with E-state index in [4.69, 9.17) is 28.6 Å². The van der Waals surface area contributed by atoms with Crippen molar-refractivity contribution >= 4 is 38.6 Å². The molecule has 0 spiro atoms. The maximum absolute atomic E-state index is 11.3. The lowest BCUT2D eigenvalue weighted by Crippen LogP contribution is -2.21. The number of hydrogen-bond acceptors (Lipinski definition) is 10. The zero-order chi connectivity index (χ0) is 31.3. The van der Waals surface area contributed by atoms with Crippen LogP contribution in [0.25, 0.3) is 32.9 Å². The lowest BCUT2D eigenvalue weighted by Gasteiger charge is -2.21. The second kappa shape index (κ2) is 13.0. The number of aryl methyl sites for hydroxylation is 2. The van der Waals surface area contributed by atoms with Crippen molar-refractivity contribution in [1.82, 2.24) is 0 Å². The molecule has 3 heterocycles. The second-order valence-corrected chi connectivity index (χ2v) is 9.66. The van der Waals surface area contributed by atoms with Crippen LogP contribution in [-0.2, 0) is 0 Å². The first-order valence-corrected chi connectivity index (χ1v) is 13.5. The minimum absolute atomic E-state index is 0.0984. The average molecular weight is 586 g/mol. The van der Waals surface area contributed by atoms with Crippen molar-refractivity contribution in [3.8, 4) is 17.2 Å². The number of nitrogens with zero attached hydrogens (tertiary/aromatic N) is 1. The van der Waals surface area contributed by atoms with Gasteiger partial charge in [0.25, 0.3) is 0 Å². The zero-order valence-electron chi connectivity index (χ0n) is 24.1. The Bertz CT molecular complexity index is 2090. The van der Waals surface area contributed by atoms with E-state index in [0.29, 0.717) is 16.6 Å². The zero-order valence-corrected chi connectivity index (χ0v) is 24.1. The lowest BCUT2D eigenvalue weighted by molar-refractivity contribution is 0.403. The number of phenols is 3. The smallest absolute Gasteiger partial charge is 0.336 e. The first kappa shape index (κ1) is 30.4. The highest BCUT2D eigenvalue weighted by Gasteiger charge is 2.07. The van der Waals surface area contributed by atoms with Gasteiger partial charge in [-0.2, -0.15) is 0 Å². The molecule has 3 N–H and O–H groups in total. The number of rotatable bonds is 3. The van der Waals surface area contributed by atoms with E-state index in [1.165, 1.54) is 42.5 Å². The Morgan fingerprint density at radius 2 is 1.12 bits per heavy atom. The summed E-state index contributed by atoms with van der Waals surface area (Å²) in [6, 6.07) is 19.0. The van der Waals surface area contributed by atoms with E-state index in [9.17, 15) is 14.4 Å². The van der Waals surface area contributed by atoms with Gasteiger partial charge in [0, 0.05) is 71.3 Å². The Labute approximate surface area is 245 Å². The largest absolute Gasteiger partial charge is 0.508 e. The Morgan fingerprint density at radius 3 is 1.72 bits per heavy atom. The fourth-order valence-electron chi connectivity index (χ4n) is 4.51. The molecule has 0 fully saturated rings. The normalized spacial score (nSPS) is 10.6. The SMILES string of the molecule is CCN(CC)c1ccc2c(C)cc(=O)oc2c1.Cc1cc(=O)oc2cc(O)ccc12.O=c1ccc2cc(O)c(O)cc2o1. The molecule has 3 aromatic heterocycles. The highest BCUT2D eigenvalue weighted by atomic mass is 16.4. The average Bonchev–Trinajstić information content (AvgIpc) is 2.94. The Balaban J connectivity index is 0.000000150. The van der Waals surface area contributed by atoms with Gasteiger partial charge in [0.1, 0.15) is 22.5 Å². The molecule has 222 valence electrons. The lowest BCUT2D eigenvalue weighted by atomic mass is 10.1. The van der Waals surface area contributed by atoms with Crippen LogP contribution in [0.4, 0.5) is 5.69 Å². The van der Waals surface area contributed by atoms with Gasteiger partial charge in [-0.15, -0.1) is 0 Å². The van der Waals surface area contributed by atoms with Gasteiger partial charge in [0.15, 0.2) is 11.5 Å². The van der Waals surface area contributed by atoms with E-state index in [2.05, 4.69) is 24.8 Å². The number of phenolic OH excluding ortho intramolecular Hbond substituents is 3. The highest BCUT2D eigenvalue weighted by Crippen LogP contribution is 2.29. The van der Waals surface area contributed by atoms with Gasteiger partial charge in [-0.1, -0.05) is 0 Å². The van der Waals surface area contributed by atoms with Gasteiger partial charge in [0.2, 0.25) is 0 Å². The molecule has 0 bridgehead atoms. The van der Waals surface area contributed by atoms with Crippen molar-refractivity contribution in [1.29, 1.82) is 0 Å². The van der Waals surface area contributed by atoms with Crippen LogP contribution in [0.1, 0.15) is 25.0 Å². The minimum Gasteiger partial charge on any atom is -0.508 e. The molecule has 0 amide bonds. The van der Waals surface area contributed by atoms with Crippen LogP contribution in [0.3, 0.4) is 0 Å². The standard InChI is InChI=1S/C14H17NO2.C10H8O3.C9H6O4/c1-4-15(5-2)11-6-7-12-10(3)8-14(16)17-13(12)9-11;1-6-4-10(12)13-9-5-7(11)2-3-8(6)9;10-6-3-5-1-2-9(12)13-8(5)4-7(6)11/h6-9H,4-5H2,1-3H3;2-5,11H,1H3;1-4,10-11H. The molecule has 6 rings (SSSR count). The maximum Gasteiger partial charge on any atom is 0.336 e. The Morgan fingerprint density at radius 1 is 0.581 bits per heavy atom. The third-order valence-corrected chi connectivity index (χ3v) is 6.71. The summed E-state index contributed by atoms with van der Waals surface area (Å²) >= 11 is 0. The van der Waals surface area contributed by atoms with E-state index in [-0.39, 0.29) is 28.5 Å². The summed E-state index contributed by atoms with van der Waals surface area (Å²) in [5, 5.41) is 29.8. The van der Waals surface area contributed by atoms with E-state index < -0.39 is 11.3 Å². The topological polar surface area (TPSA) is 155 Å². The van der Waals surface area contributed by atoms with Gasteiger partial charge in [-0.05, 0) is 75.2 Å².